The maximum Gasteiger partial charge on any atom is 0.251 e. The maximum atomic E-state index is 13.6. The van der Waals surface area contributed by atoms with Gasteiger partial charge in [0.15, 0.2) is 0 Å². The Labute approximate surface area is 278 Å². The topological polar surface area (TPSA) is 63.7 Å². The molecule has 0 fully saturated rings. The molecule has 0 saturated heterocycles. The molecule has 6 nitrogen and oxygen atoms in total. The van der Waals surface area contributed by atoms with Gasteiger partial charge in [-0.2, -0.15) is 0 Å². The number of carbonyl (C=O) groups is 1. The van der Waals surface area contributed by atoms with Crippen LogP contribution in [0.1, 0.15) is 51.2 Å². The number of nitrogens with zero attached hydrogens (tertiary/aromatic N) is 2. The zero-order valence-corrected chi connectivity index (χ0v) is 28.0. The molecule has 0 spiro atoms. The molecule has 1 aliphatic rings. The summed E-state index contributed by atoms with van der Waals surface area (Å²) in [5.41, 5.74) is 7.20. The van der Waals surface area contributed by atoms with Crippen molar-refractivity contribution in [1.29, 1.82) is 0 Å². The van der Waals surface area contributed by atoms with Crippen molar-refractivity contribution in [3.05, 3.63) is 108 Å². The average Bonchev–Trinajstić information content (AvgIpc) is 3.25. The number of unbranched alkanes of at least 4 members (excludes halogenated alkanes) is 1. The fourth-order valence-corrected chi connectivity index (χ4v) is 6.22. The lowest BCUT2D eigenvalue weighted by Crippen LogP contribution is -2.29. The molecule has 3 aromatic carbocycles. The third-order valence-corrected chi connectivity index (χ3v) is 8.88. The Kier molecular flexibility index (Phi) is 12.3. The van der Waals surface area contributed by atoms with Gasteiger partial charge in [0.2, 0.25) is 0 Å². The molecule has 1 aliphatic heterocycles. The van der Waals surface area contributed by atoms with E-state index in [0.29, 0.717) is 25.6 Å². The van der Waals surface area contributed by atoms with Gasteiger partial charge in [-0.15, -0.1) is 11.8 Å². The zero-order valence-electron chi connectivity index (χ0n) is 27.2. The zero-order chi connectivity index (χ0) is 32.1. The van der Waals surface area contributed by atoms with Crippen molar-refractivity contribution < 1.29 is 14.3 Å². The predicted molar refractivity (Wildman–Crippen MR) is 192 cm³/mol. The van der Waals surface area contributed by atoms with E-state index in [9.17, 15) is 4.79 Å². The Balaban J connectivity index is 1.27. The van der Waals surface area contributed by atoms with Crippen LogP contribution in [-0.4, -0.2) is 43.8 Å². The first kappa shape index (κ1) is 33.3. The van der Waals surface area contributed by atoms with Crippen LogP contribution in [-0.2, 0) is 15.3 Å². The molecule has 1 amide bonds. The van der Waals surface area contributed by atoms with E-state index in [2.05, 4.69) is 90.6 Å². The molecule has 1 N–H and O–H groups in total. The number of nitrogens with one attached hydrogen (secondary N) is 1. The molecule has 0 atom stereocenters. The molecule has 0 radical (unpaired) electrons. The summed E-state index contributed by atoms with van der Waals surface area (Å²) in [6, 6.07) is 26.9. The Hall–Kier alpha value is -4.07. The highest BCUT2D eigenvalue weighted by Crippen LogP contribution is 2.34. The normalized spacial score (nSPS) is 12.8. The summed E-state index contributed by atoms with van der Waals surface area (Å²) in [5, 5.41) is 3.14. The monoisotopic (exact) mass is 635 g/mol. The van der Waals surface area contributed by atoms with Crippen molar-refractivity contribution in [2.45, 2.75) is 50.7 Å². The van der Waals surface area contributed by atoms with Crippen molar-refractivity contribution in [3.63, 3.8) is 0 Å². The molecule has 5 rings (SSSR count). The number of carbonyl (C=O) groups excluding carboxylic acids is 1. The predicted octanol–water partition coefficient (Wildman–Crippen LogP) is 9.12. The minimum atomic E-state index is -0.0568. The second kappa shape index (κ2) is 17.0. The molecule has 1 aromatic heterocycles. The quantitative estimate of drug-likeness (QED) is 0.104. The number of fused-ring (bicyclic) bond motifs is 1. The summed E-state index contributed by atoms with van der Waals surface area (Å²) in [7, 11) is 0. The Morgan fingerprint density at radius 2 is 1.78 bits per heavy atom. The van der Waals surface area contributed by atoms with E-state index in [1.807, 2.05) is 36.5 Å². The van der Waals surface area contributed by atoms with Crippen LogP contribution in [0.5, 0.6) is 5.75 Å². The number of aromatic nitrogens is 1. The molecule has 0 saturated carbocycles. The molecular weight excluding hydrogens is 591 g/mol. The van der Waals surface area contributed by atoms with Gasteiger partial charge in [-0.1, -0.05) is 51.5 Å². The number of amides is 1. The fraction of sp³-hybridized carbons (Fsp3) is 0.333. The van der Waals surface area contributed by atoms with Crippen molar-refractivity contribution in [3.8, 4) is 16.9 Å². The first-order valence-electron chi connectivity index (χ1n) is 16.3. The van der Waals surface area contributed by atoms with E-state index >= 15 is 0 Å². The van der Waals surface area contributed by atoms with Crippen LogP contribution in [0.4, 0.5) is 11.4 Å². The number of anilines is 2. The number of rotatable bonds is 15. The van der Waals surface area contributed by atoms with Crippen molar-refractivity contribution in [2.24, 2.45) is 5.92 Å². The minimum absolute atomic E-state index is 0.0568. The minimum Gasteiger partial charge on any atom is -0.491 e. The third kappa shape index (κ3) is 9.71. The van der Waals surface area contributed by atoms with E-state index in [0.717, 1.165) is 76.9 Å². The molecule has 4 aromatic rings. The second-order valence-electron chi connectivity index (χ2n) is 12.0. The highest BCUT2D eigenvalue weighted by atomic mass is 32.2. The lowest BCUT2D eigenvalue weighted by molar-refractivity contribution is -0.112. The third-order valence-electron chi connectivity index (χ3n) is 7.79. The van der Waals surface area contributed by atoms with Crippen molar-refractivity contribution >= 4 is 35.1 Å². The standard InChI is InChI=1S/C39H45N3O3S/c1-4-5-21-44-22-23-45-36-13-8-31(9-14-36)32-10-17-38-34(24-32)25-33(18-20-42(38)27-29(2)3)39(43)41-35-11-15-37(16-12-35)46-28-30-7-6-19-40-26-30/h6-17,19,24-26,29H,4-5,18,20-23,27-28H2,1-3H3,(H,41,43). The number of thioether (sulfide) groups is 1. The van der Waals surface area contributed by atoms with Gasteiger partial charge < -0.3 is 19.7 Å². The Morgan fingerprint density at radius 3 is 2.52 bits per heavy atom. The van der Waals surface area contributed by atoms with Crippen LogP contribution in [0.15, 0.2) is 102 Å². The summed E-state index contributed by atoms with van der Waals surface area (Å²) in [6.07, 6.45) is 8.64. The van der Waals surface area contributed by atoms with E-state index in [1.165, 1.54) is 11.3 Å². The Morgan fingerprint density at radius 1 is 0.978 bits per heavy atom. The second-order valence-corrected chi connectivity index (χ2v) is 13.0. The molecule has 2 heterocycles. The van der Waals surface area contributed by atoms with Gasteiger partial charge in [0.05, 0.1) is 6.61 Å². The molecule has 0 aliphatic carbocycles. The van der Waals surface area contributed by atoms with Crippen LogP contribution in [0.2, 0.25) is 0 Å². The molecule has 46 heavy (non-hydrogen) atoms. The number of ether oxygens (including phenoxy) is 2. The average molecular weight is 636 g/mol. The first-order valence-corrected chi connectivity index (χ1v) is 17.3. The summed E-state index contributed by atoms with van der Waals surface area (Å²) < 4.78 is 11.5. The number of benzene rings is 3. The van der Waals surface area contributed by atoms with Crippen LogP contribution in [0.25, 0.3) is 17.2 Å². The van der Waals surface area contributed by atoms with E-state index in [4.69, 9.17) is 9.47 Å². The summed E-state index contributed by atoms with van der Waals surface area (Å²) in [5.74, 6) is 2.13. The van der Waals surface area contributed by atoms with Gasteiger partial charge in [-0.3, -0.25) is 9.78 Å². The first-order chi connectivity index (χ1) is 22.5. The van der Waals surface area contributed by atoms with Gasteiger partial charge in [-0.05, 0) is 102 Å². The molecule has 7 heteroatoms. The van der Waals surface area contributed by atoms with Gasteiger partial charge in [-0.25, -0.2) is 0 Å². The number of hydrogen-bond acceptors (Lipinski definition) is 6. The van der Waals surface area contributed by atoms with Crippen LogP contribution < -0.4 is 15.0 Å². The maximum absolute atomic E-state index is 13.6. The summed E-state index contributed by atoms with van der Waals surface area (Å²) in [4.78, 5) is 21.3. The summed E-state index contributed by atoms with van der Waals surface area (Å²) >= 11 is 1.75. The van der Waals surface area contributed by atoms with Gasteiger partial charge >= 0.3 is 0 Å². The molecule has 0 bridgehead atoms. The van der Waals surface area contributed by atoms with Gasteiger partial charge in [0, 0.05) is 59.7 Å². The van der Waals surface area contributed by atoms with Crippen LogP contribution in [0, 0.1) is 5.92 Å². The fourth-order valence-electron chi connectivity index (χ4n) is 5.39. The lowest BCUT2D eigenvalue weighted by Gasteiger charge is -2.27. The van der Waals surface area contributed by atoms with Gasteiger partial charge in [0.25, 0.3) is 5.91 Å². The van der Waals surface area contributed by atoms with E-state index in [1.54, 1.807) is 18.0 Å². The molecule has 240 valence electrons. The summed E-state index contributed by atoms with van der Waals surface area (Å²) in [6.45, 7) is 10.3. The smallest absolute Gasteiger partial charge is 0.251 e. The van der Waals surface area contributed by atoms with Crippen LogP contribution in [0.3, 0.4) is 0 Å². The van der Waals surface area contributed by atoms with Crippen molar-refractivity contribution in [2.75, 3.05) is 43.1 Å². The largest absolute Gasteiger partial charge is 0.491 e. The highest BCUT2D eigenvalue weighted by Gasteiger charge is 2.21. The van der Waals surface area contributed by atoms with Crippen LogP contribution >= 0.6 is 11.8 Å². The lowest BCUT2D eigenvalue weighted by atomic mass is 10.00. The number of pyridine rings is 1. The van der Waals surface area contributed by atoms with Gasteiger partial charge in [0.1, 0.15) is 12.4 Å². The van der Waals surface area contributed by atoms with Crippen molar-refractivity contribution in [1.82, 2.24) is 4.98 Å². The number of hydrogen-bond donors (Lipinski definition) is 1. The molecular formula is C39H45N3O3S. The Bertz CT molecular complexity index is 1570. The SMILES string of the molecule is CCCCOCCOc1ccc(-c2ccc3c(c2)C=C(C(=O)Nc2ccc(SCc4cccnc4)cc2)CCN3CC(C)C)cc1. The molecule has 0 unspecified atom stereocenters. The van der Waals surface area contributed by atoms with E-state index < -0.39 is 0 Å². The van der Waals surface area contributed by atoms with E-state index in [-0.39, 0.29) is 5.91 Å². The highest BCUT2D eigenvalue weighted by molar-refractivity contribution is 7.98.